The van der Waals surface area contributed by atoms with Crippen LogP contribution in [0.15, 0.2) is 77.6 Å². The molecule has 4 rings (SSSR count). The minimum absolute atomic E-state index is 0.156. The predicted molar refractivity (Wildman–Crippen MR) is 120 cm³/mol. The number of aromatic nitrogens is 2. The van der Waals surface area contributed by atoms with E-state index >= 15 is 0 Å². The molecule has 0 radical (unpaired) electrons. The maximum atomic E-state index is 13.0. The summed E-state index contributed by atoms with van der Waals surface area (Å²) >= 11 is 0. The summed E-state index contributed by atoms with van der Waals surface area (Å²) in [6.45, 7) is 1.76. The molecule has 2 aromatic heterocycles. The fourth-order valence-corrected chi connectivity index (χ4v) is 3.82. The number of anilines is 3. The van der Waals surface area contributed by atoms with E-state index in [-0.39, 0.29) is 11.2 Å². The van der Waals surface area contributed by atoms with Gasteiger partial charge in [0.25, 0.3) is 0 Å². The van der Waals surface area contributed by atoms with Gasteiger partial charge in [-0.2, -0.15) is 0 Å². The van der Waals surface area contributed by atoms with Crippen molar-refractivity contribution in [1.29, 1.82) is 0 Å². The average molecular weight is 420 g/mol. The average Bonchev–Trinajstić information content (AvgIpc) is 2.68. The summed E-state index contributed by atoms with van der Waals surface area (Å²) in [5.74, 6) is 0.678. The van der Waals surface area contributed by atoms with Crippen LogP contribution in [0.3, 0.4) is 0 Å². The van der Waals surface area contributed by atoms with Crippen LogP contribution in [-0.2, 0) is 10.0 Å². The molecule has 2 aromatic carbocycles. The van der Waals surface area contributed by atoms with E-state index < -0.39 is 10.0 Å². The van der Waals surface area contributed by atoms with Gasteiger partial charge >= 0.3 is 0 Å². The van der Waals surface area contributed by atoms with Crippen molar-refractivity contribution in [3.63, 3.8) is 0 Å². The Labute approximate surface area is 174 Å². The molecule has 8 heteroatoms. The number of benzene rings is 2. The molecule has 0 fully saturated rings. The summed E-state index contributed by atoms with van der Waals surface area (Å²) in [6.07, 6.45) is 1.06. The fourth-order valence-electron chi connectivity index (χ4n) is 3.34. The molecular formula is C22H20N4O3S. The van der Waals surface area contributed by atoms with Gasteiger partial charge in [0, 0.05) is 17.4 Å². The normalized spacial score (nSPS) is 11.4. The lowest BCUT2D eigenvalue weighted by Gasteiger charge is -2.19. The summed E-state index contributed by atoms with van der Waals surface area (Å²) in [4.78, 5) is 17.5. The molecule has 4 aromatic rings. The summed E-state index contributed by atoms with van der Waals surface area (Å²) < 4.78 is 27.7. The van der Waals surface area contributed by atoms with Crippen molar-refractivity contribution in [1.82, 2.24) is 9.55 Å². The highest BCUT2D eigenvalue weighted by Crippen LogP contribution is 2.27. The maximum absolute atomic E-state index is 13.0. The largest absolute Gasteiger partial charge is 0.341 e. The fraction of sp³-hybridized carbons (Fsp3) is 0.0909. The third-order valence-corrected chi connectivity index (χ3v) is 5.09. The number of pyridine rings is 2. The minimum atomic E-state index is -3.52. The highest BCUT2D eigenvalue weighted by Gasteiger charge is 2.16. The highest BCUT2D eigenvalue weighted by molar-refractivity contribution is 7.92. The Hall–Kier alpha value is -3.65. The number of nitrogens with one attached hydrogen (secondary N) is 2. The SMILES string of the molecule is Cc1cc(NS(C)(=O)=O)nc2c1c(=O)cc(Nc1ccccc1)n2-c1ccccc1. The Bertz CT molecular complexity index is 1380. The van der Waals surface area contributed by atoms with E-state index in [1.165, 1.54) is 6.07 Å². The van der Waals surface area contributed by atoms with E-state index in [0.717, 1.165) is 17.6 Å². The third kappa shape index (κ3) is 4.04. The van der Waals surface area contributed by atoms with Gasteiger partial charge in [-0.3, -0.25) is 14.1 Å². The predicted octanol–water partition coefficient (Wildman–Crippen LogP) is 3.81. The Morgan fingerprint density at radius 2 is 1.57 bits per heavy atom. The zero-order chi connectivity index (χ0) is 21.3. The number of hydrogen-bond donors (Lipinski definition) is 2. The smallest absolute Gasteiger partial charge is 0.230 e. The van der Waals surface area contributed by atoms with Crippen LogP contribution in [0.1, 0.15) is 5.56 Å². The molecule has 0 aliphatic heterocycles. The zero-order valence-corrected chi connectivity index (χ0v) is 17.3. The minimum Gasteiger partial charge on any atom is -0.341 e. The summed E-state index contributed by atoms with van der Waals surface area (Å²) in [5.41, 5.74) is 2.38. The number of rotatable bonds is 5. The lowest BCUT2D eigenvalue weighted by Crippen LogP contribution is -2.17. The van der Waals surface area contributed by atoms with Gasteiger partial charge in [0.2, 0.25) is 10.0 Å². The van der Waals surface area contributed by atoms with Crippen LogP contribution in [0, 0.1) is 6.92 Å². The van der Waals surface area contributed by atoms with Crippen LogP contribution in [-0.4, -0.2) is 24.2 Å². The first-order valence-corrected chi connectivity index (χ1v) is 11.1. The molecule has 30 heavy (non-hydrogen) atoms. The van der Waals surface area contributed by atoms with Gasteiger partial charge in [-0.15, -0.1) is 0 Å². The van der Waals surface area contributed by atoms with Crippen LogP contribution in [0.4, 0.5) is 17.3 Å². The van der Waals surface area contributed by atoms with Crippen molar-refractivity contribution >= 4 is 38.4 Å². The van der Waals surface area contributed by atoms with E-state index in [1.54, 1.807) is 13.0 Å². The van der Waals surface area contributed by atoms with E-state index in [4.69, 9.17) is 0 Å². The molecule has 0 spiro atoms. The second-order valence-corrected chi connectivity index (χ2v) is 8.70. The highest BCUT2D eigenvalue weighted by atomic mass is 32.2. The van der Waals surface area contributed by atoms with Crippen molar-refractivity contribution in [3.05, 3.63) is 88.6 Å². The molecule has 0 aliphatic rings. The van der Waals surface area contributed by atoms with Crippen LogP contribution >= 0.6 is 0 Å². The molecular weight excluding hydrogens is 400 g/mol. The molecule has 0 saturated carbocycles. The van der Waals surface area contributed by atoms with E-state index in [0.29, 0.717) is 22.4 Å². The van der Waals surface area contributed by atoms with Crippen molar-refractivity contribution in [2.24, 2.45) is 0 Å². The van der Waals surface area contributed by atoms with Crippen molar-refractivity contribution in [2.75, 3.05) is 16.3 Å². The first-order chi connectivity index (χ1) is 14.3. The Morgan fingerprint density at radius 1 is 0.933 bits per heavy atom. The van der Waals surface area contributed by atoms with Crippen LogP contribution < -0.4 is 15.5 Å². The van der Waals surface area contributed by atoms with Gasteiger partial charge in [0.1, 0.15) is 11.6 Å². The molecule has 152 valence electrons. The molecule has 0 atom stereocenters. The number of sulfonamides is 1. The number of hydrogen-bond acceptors (Lipinski definition) is 5. The lowest BCUT2D eigenvalue weighted by molar-refractivity contribution is 0.606. The van der Waals surface area contributed by atoms with Crippen molar-refractivity contribution in [2.45, 2.75) is 6.92 Å². The standard InChI is InChI=1S/C22H20N4O3S/c1-15-13-19(25-30(2,28)29)24-22-21(15)18(27)14-20(23-16-9-5-3-6-10-16)26(22)17-11-7-4-8-12-17/h3-14,23H,1-2H3,(H,24,25). The van der Waals surface area contributed by atoms with Crippen LogP contribution in [0.5, 0.6) is 0 Å². The molecule has 0 aliphatic carbocycles. The molecule has 0 saturated heterocycles. The molecule has 7 nitrogen and oxygen atoms in total. The lowest BCUT2D eigenvalue weighted by atomic mass is 10.1. The first kappa shape index (κ1) is 19.7. The Kier molecular flexibility index (Phi) is 5.01. The number of aryl methyl sites for hydroxylation is 1. The second-order valence-electron chi connectivity index (χ2n) is 6.95. The number of fused-ring (bicyclic) bond motifs is 1. The van der Waals surface area contributed by atoms with E-state index in [1.807, 2.05) is 65.2 Å². The molecule has 0 bridgehead atoms. The molecule has 0 amide bonds. The third-order valence-electron chi connectivity index (χ3n) is 4.51. The van der Waals surface area contributed by atoms with Crippen LogP contribution in [0.2, 0.25) is 0 Å². The molecule has 0 unspecified atom stereocenters. The van der Waals surface area contributed by atoms with E-state index in [9.17, 15) is 13.2 Å². The summed E-state index contributed by atoms with van der Waals surface area (Å²) in [5, 5.41) is 3.70. The molecule has 2 N–H and O–H groups in total. The van der Waals surface area contributed by atoms with Crippen molar-refractivity contribution < 1.29 is 8.42 Å². The van der Waals surface area contributed by atoms with E-state index in [2.05, 4.69) is 15.0 Å². The van der Waals surface area contributed by atoms with Gasteiger partial charge in [-0.25, -0.2) is 13.4 Å². The second kappa shape index (κ2) is 7.64. The number of para-hydroxylation sites is 2. The van der Waals surface area contributed by atoms with Gasteiger partial charge in [-0.05, 0) is 42.8 Å². The Balaban J connectivity index is 2.04. The summed E-state index contributed by atoms with van der Waals surface area (Å²) in [7, 11) is -3.52. The molecule has 2 heterocycles. The summed E-state index contributed by atoms with van der Waals surface area (Å²) in [6, 6.07) is 22.0. The van der Waals surface area contributed by atoms with Crippen molar-refractivity contribution in [3.8, 4) is 5.69 Å². The maximum Gasteiger partial charge on any atom is 0.230 e. The van der Waals surface area contributed by atoms with Gasteiger partial charge in [0.15, 0.2) is 11.1 Å². The Morgan fingerprint density at radius 3 is 2.20 bits per heavy atom. The van der Waals surface area contributed by atoms with Gasteiger partial charge < -0.3 is 5.32 Å². The first-order valence-electron chi connectivity index (χ1n) is 9.24. The van der Waals surface area contributed by atoms with Gasteiger partial charge in [0.05, 0.1) is 11.6 Å². The monoisotopic (exact) mass is 420 g/mol. The quantitative estimate of drug-likeness (QED) is 0.512. The van der Waals surface area contributed by atoms with Crippen LogP contribution in [0.25, 0.3) is 16.7 Å². The topological polar surface area (TPSA) is 93.1 Å². The number of nitrogens with zero attached hydrogens (tertiary/aromatic N) is 2. The van der Waals surface area contributed by atoms with Gasteiger partial charge in [-0.1, -0.05) is 36.4 Å². The zero-order valence-electron chi connectivity index (χ0n) is 16.5.